The van der Waals surface area contributed by atoms with Gasteiger partial charge in [0.05, 0.1) is 0 Å². The average molecular weight is 271 g/mol. The highest BCUT2D eigenvalue weighted by molar-refractivity contribution is 5.95. The van der Waals surface area contributed by atoms with Gasteiger partial charge in [-0.2, -0.15) is 0 Å². The number of rotatable bonds is 3. The summed E-state index contributed by atoms with van der Waals surface area (Å²) in [6.45, 7) is 0. The van der Waals surface area contributed by atoms with Crippen molar-refractivity contribution in [3.05, 3.63) is 59.9 Å². The molecule has 0 heterocycles. The van der Waals surface area contributed by atoms with E-state index in [1.54, 1.807) is 24.3 Å². The third kappa shape index (κ3) is 2.64. The molecule has 1 fully saturated rings. The monoisotopic (exact) mass is 271 g/mol. The first kappa shape index (κ1) is 12.7. The lowest BCUT2D eigenvalue weighted by Gasteiger charge is -2.05. The zero-order valence-corrected chi connectivity index (χ0v) is 10.7. The molecule has 0 radical (unpaired) electrons. The van der Waals surface area contributed by atoms with Gasteiger partial charge in [-0.25, -0.2) is 4.39 Å². The van der Waals surface area contributed by atoms with Crippen molar-refractivity contribution in [2.75, 3.05) is 5.32 Å². The van der Waals surface area contributed by atoms with Gasteiger partial charge in [0.1, 0.15) is 11.6 Å². The lowest BCUT2D eigenvalue weighted by molar-refractivity contribution is -0.117. The van der Waals surface area contributed by atoms with E-state index in [4.69, 9.17) is 0 Å². The lowest BCUT2D eigenvalue weighted by atomic mass is 10.1. The number of halogens is 1. The second kappa shape index (κ2) is 4.96. The van der Waals surface area contributed by atoms with Gasteiger partial charge in [-0.05, 0) is 48.2 Å². The van der Waals surface area contributed by atoms with Gasteiger partial charge < -0.3 is 10.4 Å². The molecule has 102 valence electrons. The van der Waals surface area contributed by atoms with Gasteiger partial charge >= 0.3 is 0 Å². The Hall–Kier alpha value is -2.36. The molecule has 0 bridgehead atoms. The number of phenols is 1. The molecule has 0 saturated heterocycles. The van der Waals surface area contributed by atoms with Crippen LogP contribution < -0.4 is 5.32 Å². The van der Waals surface area contributed by atoms with Crippen LogP contribution in [-0.4, -0.2) is 11.0 Å². The molecule has 1 amide bonds. The molecule has 2 aromatic rings. The number of hydrogen-bond donors (Lipinski definition) is 2. The first-order chi connectivity index (χ1) is 9.63. The topological polar surface area (TPSA) is 49.3 Å². The Morgan fingerprint density at radius 3 is 2.65 bits per heavy atom. The van der Waals surface area contributed by atoms with Gasteiger partial charge in [-0.15, -0.1) is 0 Å². The number of phenolic OH excluding ortho intramolecular Hbond substituents is 1. The second-order valence-electron chi connectivity index (χ2n) is 5.04. The summed E-state index contributed by atoms with van der Waals surface area (Å²) in [6, 6.07) is 12.8. The van der Waals surface area contributed by atoms with Crippen LogP contribution in [0, 0.1) is 11.7 Å². The van der Waals surface area contributed by atoms with E-state index in [2.05, 4.69) is 5.32 Å². The van der Waals surface area contributed by atoms with Crippen molar-refractivity contribution in [2.24, 2.45) is 5.92 Å². The van der Waals surface area contributed by atoms with Crippen LogP contribution in [0.2, 0.25) is 0 Å². The largest absolute Gasteiger partial charge is 0.508 e. The zero-order chi connectivity index (χ0) is 14.1. The third-order valence-corrected chi connectivity index (χ3v) is 3.54. The summed E-state index contributed by atoms with van der Waals surface area (Å²) in [4.78, 5) is 12.1. The number of hydrogen-bond acceptors (Lipinski definition) is 2. The van der Waals surface area contributed by atoms with E-state index in [-0.39, 0.29) is 29.3 Å². The van der Waals surface area contributed by atoms with E-state index in [9.17, 15) is 14.3 Å². The number of aromatic hydroxyl groups is 1. The fourth-order valence-corrected chi connectivity index (χ4v) is 2.38. The summed E-state index contributed by atoms with van der Waals surface area (Å²) in [5, 5.41) is 12.0. The molecule has 2 atom stereocenters. The molecule has 1 aliphatic rings. The summed E-state index contributed by atoms with van der Waals surface area (Å²) < 4.78 is 13.0. The highest BCUT2D eigenvalue weighted by Gasteiger charge is 2.43. The van der Waals surface area contributed by atoms with Crippen molar-refractivity contribution >= 4 is 11.6 Å². The molecule has 20 heavy (non-hydrogen) atoms. The molecule has 2 aromatic carbocycles. The Balaban J connectivity index is 1.64. The van der Waals surface area contributed by atoms with Crippen LogP contribution in [-0.2, 0) is 4.79 Å². The van der Waals surface area contributed by atoms with E-state index in [0.29, 0.717) is 5.69 Å². The average Bonchev–Trinajstić information content (AvgIpc) is 3.20. The van der Waals surface area contributed by atoms with Crippen LogP contribution in [0.1, 0.15) is 17.9 Å². The molecule has 1 saturated carbocycles. The minimum Gasteiger partial charge on any atom is -0.508 e. The Bertz CT molecular complexity index is 639. The molecular formula is C16H14FNO2. The molecule has 2 unspecified atom stereocenters. The maximum absolute atomic E-state index is 13.0. The third-order valence-electron chi connectivity index (χ3n) is 3.54. The molecular weight excluding hydrogens is 257 g/mol. The smallest absolute Gasteiger partial charge is 0.228 e. The van der Waals surface area contributed by atoms with Crippen molar-refractivity contribution in [3.8, 4) is 5.75 Å². The van der Waals surface area contributed by atoms with E-state index in [1.165, 1.54) is 12.1 Å². The van der Waals surface area contributed by atoms with Crippen LogP contribution in [0.5, 0.6) is 5.75 Å². The van der Waals surface area contributed by atoms with Crippen LogP contribution in [0.15, 0.2) is 48.5 Å². The summed E-state index contributed by atoms with van der Waals surface area (Å²) in [6.07, 6.45) is 0.784. The zero-order valence-electron chi connectivity index (χ0n) is 10.7. The predicted molar refractivity (Wildman–Crippen MR) is 74.0 cm³/mol. The maximum Gasteiger partial charge on any atom is 0.228 e. The highest BCUT2D eigenvalue weighted by Crippen LogP contribution is 2.48. The number of carbonyl (C=O) groups excluding carboxylic acids is 1. The van der Waals surface area contributed by atoms with Gasteiger partial charge in [-0.3, -0.25) is 4.79 Å². The molecule has 3 nitrogen and oxygen atoms in total. The van der Waals surface area contributed by atoms with Gasteiger partial charge in [0.2, 0.25) is 5.91 Å². The SMILES string of the molecule is O=C(Nc1cccc(F)c1)C1CC1c1ccc(O)cc1. The van der Waals surface area contributed by atoms with Crippen molar-refractivity contribution < 1.29 is 14.3 Å². The van der Waals surface area contributed by atoms with Crippen molar-refractivity contribution in [1.82, 2.24) is 0 Å². The molecule has 4 heteroatoms. The first-order valence-electron chi connectivity index (χ1n) is 6.49. The fraction of sp³-hybridized carbons (Fsp3) is 0.188. The fourth-order valence-electron chi connectivity index (χ4n) is 2.38. The van der Waals surface area contributed by atoms with Crippen molar-refractivity contribution in [3.63, 3.8) is 0 Å². The number of amides is 1. The van der Waals surface area contributed by atoms with Crippen LogP contribution in [0.25, 0.3) is 0 Å². The Labute approximate surface area is 116 Å². The standard InChI is InChI=1S/C16H14FNO2/c17-11-2-1-3-12(8-11)18-16(20)15-9-14(15)10-4-6-13(19)7-5-10/h1-8,14-15,19H,9H2,(H,18,20). The van der Waals surface area contributed by atoms with Gasteiger partial charge in [0, 0.05) is 11.6 Å². The van der Waals surface area contributed by atoms with E-state index in [0.717, 1.165) is 12.0 Å². The highest BCUT2D eigenvalue weighted by atomic mass is 19.1. The minimum atomic E-state index is -0.367. The quantitative estimate of drug-likeness (QED) is 0.900. The number of benzene rings is 2. The molecule has 2 N–H and O–H groups in total. The molecule has 0 aliphatic heterocycles. The lowest BCUT2D eigenvalue weighted by Crippen LogP contribution is -2.14. The van der Waals surface area contributed by atoms with E-state index >= 15 is 0 Å². The van der Waals surface area contributed by atoms with Crippen LogP contribution in [0.3, 0.4) is 0 Å². The van der Waals surface area contributed by atoms with Gasteiger partial charge in [-0.1, -0.05) is 18.2 Å². The summed E-state index contributed by atoms with van der Waals surface area (Å²) in [5.41, 5.74) is 1.52. The second-order valence-corrected chi connectivity index (χ2v) is 5.04. The summed E-state index contributed by atoms with van der Waals surface area (Å²) in [5.74, 6) is -0.135. The number of nitrogens with one attached hydrogen (secondary N) is 1. The predicted octanol–water partition coefficient (Wildman–Crippen LogP) is 3.27. The van der Waals surface area contributed by atoms with Crippen molar-refractivity contribution in [2.45, 2.75) is 12.3 Å². The Morgan fingerprint density at radius 1 is 1.20 bits per heavy atom. The first-order valence-corrected chi connectivity index (χ1v) is 6.49. The number of carbonyl (C=O) groups is 1. The van der Waals surface area contributed by atoms with Crippen LogP contribution >= 0.6 is 0 Å². The van der Waals surface area contributed by atoms with Gasteiger partial charge in [0.25, 0.3) is 0 Å². The number of anilines is 1. The van der Waals surface area contributed by atoms with E-state index in [1.807, 2.05) is 12.1 Å². The molecule has 3 rings (SSSR count). The van der Waals surface area contributed by atoms with Crippen molar-refractivity contribution in [1.29, 1.82) is 0 Å². The minimum absolute atomic E-state index is 0.0807. The van der Waals surface area contributed by atoms with Gasteiger partial charge in [0.15, 0.2) is 0 Å². The summed E-state index contributed by atoms with van der Waals surface area (Å²) in [7, 11) is 0. The molecule has 0 aromatic heterocycles. The Kier molecular flexibility index (Phi) is 3.14. The maximum atomic E-state index is 13.0. The van der Waals surface area contributed by atoms with E-state index < -0.39 is 0 Å². The Morgan fingerprint density at radius 2 is 1.95 bits per heavy atom. The normalized spacial score (nSPS) is 20.4. The molecule has 1 aliphatic carbocycles. The molecule has 0 spiro atoms. The van der Waals surface area contributed by atoms with Crippen LogP contribution in [0.4, 0.5) is 10.1 Å². The summed E-state index contributed by atoms with van der Waals surface area (Å²) >= 11 is 0.